The number of anilines is 3. The van der Waals surface area contributed by atoms with Gasteiger partial charge in [0, 0.05) is 76.2 Å². The van der Waals surface area contributed by atoms with Crippen LogP contribution >= 0.6 is 11.3 Å². The number of amides is 4. The van der Waals surface area contributed by atoms with Crippen molar-refractivity contribution in [2.45, 2.75) is 97.7 Å². The fraction of sp³-hybridized carbons (Fsp3) is 0.483. The van der Waals surface area contributed by atoms with Gasteiger partial charge in [0.1, 0.15) is 29.7 Å². The largest absolute Gasteiger partial charge is 0.391 e. The number of fused-ring (bicyclic) bond motifs is 1. The van der Waals surface area contributed by atoms with Crippen LogP contribution in [0.3, 0.4) is 0 Å². The van der Waals surface area contributed by atoms with Crippen molar-refractivity contribution in [3.63, 3.8) is 0 Å². The zero-order valence-electron chi connectivity index (χ0n) is 48.8. The second-order valence-electron chi connectivity index (χ2n) is 22.5. The van der Waals surface area contributed by atoms with Crippen LogP contribution in [-0.2, 0) is 52.1 Å². The first kappa shape index (κ1) is 62.6. The molecule has 3 unspecified atom stereocenters. The van der Waals surface area contributed by atoms with Gasteiger partial charge in [-0.3, -0.25) is 28.9 Å². The number of likely N-dealkylation sites (tertiary alicyclic amines) is 1. The quantitative estimate of drug-likeness (QED) is 0.0293. The van der Waals surface area contributed by atoms with Crippen molar-refractivity contribution in [2.75, 3.05) is 95.7 Å². The summed E-state index contributed by atoms with van der Waals surface area (Å²) in [5.41, 5.74) is 5.19. The van der Waals surface area contributed by atoms with Gasteiger partial charge in [0.05, 0.1) is 67.5 Å². The lowest BCUT2D eigenvalue weighted by molar-refractivity contribution is -0.144. The summed E-state index contributed by atoms with van der Waals surface area (Å²) in [6, 6.07) is 19.3. The molecule has 6 heterocycles. The molecule has 2 aliphatic heterocycles. The number of nitrogens with zero attached hydrogens (tertiary/aromatic N) is 9. The summed E-state index contributed by atoms with van der Waals surface area (Å²) < 4.78 is 19.9. The molecule has 4 aromatic heterocycles. The van der Waals surface area contributed by atoms with Gasteiger partial charge in [-0.15, -0.1) is 17.9 Å². The van der Waals surface area contributed by atoms with E-state index < -0.39 is 41.0 Å². The highest BCUT2D eigenvalue weighted by atomic mass is 32.1. The summed E-state index contributed by atoms with van der Waals surface area (Å²) in [6.07, 6.45) is 3.49. The Labute approximate surface area is 493 Å². The SMILES string of the molecule is C=CCn1c(=O)c2cnc(Nc3ccc(N4CCN(CCCC(=O)NCCOCCOCCOCC(=O)NC(C(=O)N5CC(O)CC5C(=O)NCc5ccc(-c6scnc6C)cc5)C(C)(C)C)CC4)cc3)nc2n1-c1cccc(C(C)(C)O)n1. The van der Waals surface area contributed by atoms with Crippen LogP contribution in [0.15, 0.2) is 95.9 Å². The molecule has 0 bridgehead atoms. The molecular weight excluding hydrogens is 1090 g/mol. The molecule has 23 nitrogen and oxygen atoms in total. The van der Waals surface area contributed by atoms with E-state index in [0.29, 0.717) is 61.3 Å². The number of rotatable bonds is 28. The molecule has 0 aliphatic carbocycles. The van der Waals surface area contributed by atoms with E-state index in [0.717, 1.165) is 72.2 Å². The molecule has 0 saturated carbocycles. The van der Waals surface area contributed by atoms with Gasteiger partial charge in [0.15, 0.2) is 11.5 Å². The number of aryl methyl sites for hydroxylation is 1. The van der Waals surface area contributed by atoms with E-state index in [4.69, 9.17) is 19.2 Å². The molecular formula is C60H79N13O10S. The molecule has 6 aromatic rings. The van der Waals surface area contributed by atoms with Crippen LogP contribution < -0.4 is 31.7 Å². The van der Waals surface area contributed by atoms with Crippen molar-refractivity contribution in [2.24, 2.45) is 5.41 Å². The lowest BCUT2D eigenvalue weighted by Crippen LogP contribution is -2.58. The molecule has 24 heteroatoms. The van der Waals surface area contributed by atoms with Crippen LogP contribution in [0, 0.1) is 12.3 Å². The summed E-state index contributed by atoms with van der Waals surface area (Å²) in [5, 5.41) is 33.4. The Kier molecular flexibility index (Phi) is 21.5. The number of allylic oxidation sites excluding steroid dienone is 1. The van der Waals surface area contributed by atoms with E-state index in [9.17, 15) is 34.2 Å². The van der Waals surface area contributed by atoms with E-state index in [1.54, 1.807) is 54.1 Å². The maximum absolute atomic E-state index is 14.0. The third-order valence-electron chi connectivity index (χ3n) is 14.6. The number of carbonyl (C=O) groups excluding carboxylic acids is 4. The van der Waals surface area contributed by atoms with E-state index in [1.165, 1.54) is 15.8 Å². The number of nitrogens with one attached hydrogen (secondary N) is 4. The Morgan fingerprint density at radius 1 is 0.869 bits per heavy atom. The average Bonchev–Trinajstić information content (AvgIpc) is 2.26. The minimum Gasteiger partial charge on any atom is -0.391 e. The number of aromatic nitrogens is 6. The molecule has 3 atom stereocenters. The second-order valence-corrected chi connectivity index (χ2v) is 23.4. The van der Waals surface area contributed by atoms with Gasteiger partial charge in [-0.05, 0) is 86.7 Å². The van der Waals surface area contributed by atoms with Crippen molar-refractivity contribution >= 4 is 63.3 Å². The molecule has 6 N–H and O–H groups in total. The minimum absolute atomic E-state index is 0.0279. The standard InChI is InChI=1S/C60H79N13O10S/c1-8-23-72-56(78)46-36-63-58(68-54(46)73(72)49-12-9-11-48(66-49)60(6,7)80)65-43-18-20-44(21-19-43)70-27-25-69(26-28-70)24-10-13-50(75)61-22-29-81-30-31-82-32-33-83-38-51(76)67-53(59(3,4)5)57(79)71-37-45(74)34-47(71)55(77)62-35-41-14-16-42(17-15-41)52-40(2)64-39-84-52/h8-9,11-12,14-21,36,39,45,47,53,74,80H,1,10,13,22-35,37-38H2,2-7H3,(H,61,75)(H,62,77)(H,67,76)(H,63,65,68). The van der Waals surface area contributed by atoms with E-state index in [2.05, 4.69) is 64.7 Å². The first-order chi connectivity index (χ1) is 40.3. The number of benzene rings is 2. The highest BCUT2D eigenvalue weighted by Gasteiger charge is 2.44. The Morgan fingerprint density at radius 2 is 1.58 bits per heavy atom. The summed E-state index contributed by atoms with van der Waals surface area (Å²) in [6.45, 7) is 20.6. The first-order valence-electron chi connectivity index (χ1n) is 28.5. The van der Waals surface area contributed by atoms with Crippen molar-refractivity contribution < 1.29 is 43.6 Å². The summed E-state index contributed by atoms with van der Waals surface area (Å²) >= 11 is 1.57. The average molecular weight is 1170 g/mol. The Hall–Kier alpha value is -7.45. The van der Waals surface area contributed by atoms with Gasteiger partial charge < -0.3 is 55.5 Å². The number of aliphatic hydroxyl groups is 2. The molecule has 2 aliphatic rings. The van der Waals surface area contributed by atoms with Crippen LogP contribution in [0.2, 0.25) is 0 Å². The molecule has 2 saturated heterocycles. The number of hydrogen-bond acceptors (Lipinski definition) is 18. The number of pyridine rings is 1. The van der Waals surface area contributed by atoms with Crippen LogP contribution in [0.25, 0.3) is 27.3 Å². The summed E-state index contributed by atoms with van der Waals surface area (Å²) in [7, 11) is 0. The monoisotopic (exact) mass is 1170 g/mol. The van der Waals surface area contributed by atoms with Crippen LogP contribution in [0.4, 0.5) is 17.3 Å². The van der Waals surface area contributed by atoms with E-state index >= 15 is 0 Å². The molecule has 4 amide bonds. The van der Waals surface area contributed by atoms with Gasteiger partial charge in [-0.1, -0.05) is 57.2 Å². The second kappa shape index (κ2) is 28.9. The smallest absolute Gasteiger partial charge is 0.278 e. The number of ether oxygens (including phenoxy) is 3. The van der Waals surface area contributed by atoms with Gasteiger partial charge in [0.2, 0.25) is 29.6 Å². The zero-order chi connectivity index (χ0) is 60.0. The van der Waals surface area contributed by atoms with Gasteiger partial charge >= 0.3 is 0 Å². The normalized spacial score (nSPS) is 16.2. The molecule has 84 heavy (non-hydrogen) atoms. The lowest BCUT2D eigenvalue weighted by Gasteiger charge is -2.36. The maximum Gasteiger partial charge on any atom is 0.278 e. The molecule has 2 fully saturated rings. The molecule has 8 rings (SSSR count). The zero-order valence-corrected chi connectivity index (χ0v) is 49.7. The van der Waals surface area contributed by atoms with Gasteiger partial charge in [-0.25, -0.2) is 24.3 Å². The third-order valence-corrected chi connectivity index (χ3v) is 15.5. The fourth-order valence-corrected chi connectivity index (χ4v) is 10.8. The molecule has 0 radical (unpaired) electrons. The minimum atomic E-state index is -1.19. The number of thiazole rings is 1. The fourth-order valence-electron chi connectivity index (χ4n) is 10.0. The van der Waals surface area contributed by atoms with Crippen molar-refractivity contribution in [1.29, 1.82) is 0 Å². The lowest BCUT2D eigenvalue weighted by atomic mass is 9.85. The van der Waals surface area contributed by atoms with E-state index in [-0.39, 0.29) is 63.2 Å². The van der Waals surface area contributed by atoms with Gasteiger partial charge in [0.25, 0.3) is 5.56 Å². The third kappa shape index (κ3) is 16.7. The molecule has 2 aromatic carbocycles. The molecule has 0 spiro atoms. The van der Waals surface area contributed by atoms with Crippen molar-refractivity contribution in [3.05, 3.63) is 118 Å². The number of aliphatic hydroxyl groups excluding tert-OH is 1. The molecule has 450 valence electrons. The van der Waals surface area contributed by atoms with Gasteiger partial charge in [-0.2, -0.15) is 4.98 Å². The topological polar surface area (TPSA) is 273 Å². The van der Waals surface area contributed by atoms with Crippen LogP contribution in [0.1, 0.15) is 70.8 Å². The maximum atomic E-state index is 14.0. The highest BCUT2D eigenvalue weighted by Crippen LogP contribution is 2.29. The predicted octanol–water partition coefficient (Wildman–Crippen LogP) is 4.44. The number of piperazine rings is 1. The Bertz CT molecular complexity index is 3250. The van der Waals surface area contributed by atoms with Crippen molar-refractivity contribution in [1.82, 2.24) is 55.0 Å². The summed E-state index contributed by atoms with van der Waals surface area (Å²) in [5.74, 6) is -0.629. The number of hydrogen-bond donors (Lipinski definition) is 6. The first-order valence-corrected chi connectivity index (χ1v) is 29.3. The predicted molar refractivity (Wildman–Crippen MR) is 321 cm³/mol. The Balaban J connectivity index is 0.657. The van der Waals surface area contributed by atoms with Crippen LogP contribution in [0.5, 0.6) is 0 Å². The number of carbonyl (C=O) groups is 4. The van der Waals surface area contributed by atoms with E-state index in [1.807, 2.05) is 69.6 Å². The Morgan fingerprint density at radius 3 is 2.26 bits per heavy atom. The van der Waals surface area contributed by atoms with Crippen LogP contribution in [-0.4, -0.2) is 177 Å². The number of β-amino-alcohol motifs (C(OH)–C–C–N with tert-alkyl or cyclic N) is 1. The van der Waals surface area contributed by atoms with Crippen molar-refractivity contribution in [3.8, 4) is 16.3 Å². The summed E-state index contributed by atoms with van der Waals surface area (Å²) in [4.78, 5) is 91.7. The highest BCUT2D eigenvalue weighted by molar-refractivity contribution is 7.13.